The lowest BCUT2D eigenvalue weighted by Crippen LogP contribution is -2.21. The van der Waals surface area contributed by atoms with Gasteiger partial charge in [-0.2, -0.15) is 0 Å². The van der Waals surface area contributed by atoms with Gasteiger partial charge < -0.3 is 15.0 Å². The summed E-state index contributed by atoms with van der Waals surface area (Å²) in [7, 11) is 3.56. The minimum absolute atomic E-state index is 0.154. The Morgan fingerprint density at radius 1 is 1.43 bits per heavy atom. The number of ether oxygens (including phenoxy) is 1. The number of hydrogen-bond donors (Lipinski definition) is 1. The van der Waals surface area contributed by atoms with E-state index in [2.05, 4.69) is 24.4 Å². The van der Waals surface area contributed by atoms with Gasteiger partial charge in [0, 0.05) is 26.6 Å². The number of rotatable bonds is 7. The van der Waals surface area contributed by atoms with Gasteiger partial charge in [0.05, 0.1) is 6.61 Å². The highest BCUT2D eigenvalue weighted by Crippen LogP contribution is 2.33. The molecule has 0 fully saturated rings. The smallest absolute Gasteiger partial charge is 0.222 e. The van der Waals surface area contributed by atoms with Gasteiger partial charge in [0.2, 0.25) is 5.91 Å². The SMILES string of the molecule is CCNC1CCc2cc(OCCCC(=O)N(C)C)ccc21. The monoisotopic (exact) mass is 290 g/mol. The fraction of sp³-hybridized carbons (Fsp3) is 0.588. The van der Waals surface area contributed by atoms with Gasteiger partial charge in [-0.1, -0.05) is 13.0 Å². The van der Waals surface area contributed by atoms with Gasteiger partial charge in [-0.15, -0.1) is 0 Å². The van der Waals surface area contributed by atoms with Crippen LogP contribution in [0.15, 0.2) is 18.2 Å². The zero-order valence-electron chi connectivity index (χ0n) is 13.3. The van der Waals surface area contributed by atoms with Crippen molar-refractivity contribution >= 4 is 5.91 Å². The lowest BCUT2D eigenvalue weighted by atomic mass is 10.1. The molecule has 0 spiro atoms. The highest BCUT2D eigenvalue weighted by atomic mass is 16.5. The van der Waals surface area contributed by atoms with Crippen molar-refractivity contribution in [2.24, 2.45) is 0 Å². The van der Waals surface area contributed by atoms with E-state index >= 15 is 0 Å². The molecule has 0 bridgehead atoms. The molecule has 4 nitrogen and oxygen atoms in total. The Kier molecular flexibility index (Phi) is 5.62. The first kappa shape index (κ1) is 15.8. The average Bonchev–Trinajstić information content (AvgIpc) is 2.86. The minimum atomic E-state index is 0.154. The number of nitrogens with zero attached hydrogens (tertiary/aromatic N) is 1. The molecule has 0 saturated heterocycles. The van der Waals surface area contributed by atoms with Gasteiger partial charge in [-0.3, -0.25) is 4.79 Å². The van der Waals surface area contributed by atoms with Crippen LogP contribution in [0.2, 0.25) is 0 Å². The molecule has 1 unspecified atom stereocenters. The number of carbonyl (C=O) groups excluding carboxylic acids is 1. The summed E-state index contributed by atoms with van der Waals surface area (Å²) in [5, 5.41) is 3.51. The molecule has 1 aliphatic rings. The molecule has 0 saturated carbocycles. The highest BCUT2D eigenvalue weighted by molar-refractivity contribution is 5.75. The molecule has 2 rings (SSSR count). The van der Waals surface area contributed by atoms with E-state index in [0.29, 0.717) is 19.1 Å². The number of benzene rings is 1. The molecule has 0 aliphatic heterocycles. The Labute approximate surface area is 127 Å². The van der Waals surface area contributed by atoms with Crippen LogP contribution in [-0.4, -0.2) is 38.1 Å². The van der Waals surface area contributed by atoms with Crippen LogP contribution in [0.1, 0.15) is 43.4 Å². The van der Waals surface area contributed by atoms with E-state index in [1.165, 1.54) is 17.5 Å². The summed E-state index contributed by atoms with van der Waals surface area (Å²) in [4.78, 5) is 13.1. The number of aryl methyl sites for hydroxylation is 1. The van der Waals surface area contributed by atoms with Crippen LogP contribution < -0.4 is 10.1 Å². The van der Waals surface area contributed by atoms with Gasteiger partial charge in [0.15, 0.2) is 0 Å². The van der Waals surface area contributed by atoms with Crippen molar-refractivity contribution in [2.75, 3.05) is 27.2 Å². The third-order valence-electron chi connectivity index (χ3n) is 3.95. The number of hydrogen-bond acceptors (Lipinski definition) is 3. The van der Waals surface area contributed by atoms with Crippen LogP contribution >= 0.6 is 0 Å². The zero-order chi connectivity index (χ0) is 15.2. The summed E-state index contributed by atoms with van der Waals surface area (Å²) in [6.07, 6.45) is 3.59. The van der Waals surface area contributed by atoms with Crippen molar-refractivity contribution in [3.63, 3.8) is 0 Å². The largest absolute Gasteiger partial charge is 0.494 e. The molecule has 1 aromatic carbocycles. The second-order valence-corrected chi connectivity index (χ2v) is 5.75. The molecule has 1 aromatic rings. The first-order chi connectivity index (χ1) is 10.1. The third kappa shape index (κ3) is 4.21. The Morgan fingerprint density at radius 2 is 2.24 bits per heavy atom. The molecule has 116 valence electrons. The van der Waals surface area contributed by atoms with Crippen LogP contribution in [0, 0.1) is 0 Å². The lowest BCUT2D eigenvalue weighted by molar-refractivity contribution is -0.128. The Morgan fingerprint density at radius 3 is 2.95 bits per heavy atom. The van der Waals surface area contributed by atoms with Crippen LogP contribution in [0.5, 0.6) is 5.75 Å². The van der Waals surface area contributed by atoms with E-state index in [-0.39, 0.29) is 5.91 Å². The van der Waals surface area contributed by atoms with Crippen LogP contribution in [0.4, 0.5) is 0 Å². The number of amides is 1. The van der Waals surface area contributed by atoms with Gasteiger partial charge >= 0.3 is 0 Å². The molecule has 21 heavy (non-hydrogen) atoms. The molecule has 1 amide bonds. The summed E-state index contributed by atoms with van der Waals surface area (Å²) < 4.78 is 5.77. The van der Waals surface area contributed by atoms with E-state index in [4.69, 9.17) is 4.74 Å². The molecule has 1 atom stereocenters. The van der Waals surface area contributed by atoms with Crippen LogP contribution in [-0.2, 0) is 11.2 Å². The summed E-state index contributed by atoms with van der Waals surface area (Å²) in [6, 6.07) is 6.87. The first-order valence-electron chi connectivity index (χ1n) is 7.81. The topological polar surface area (TPSA) is 41.6 Å². The Hall–Kier alpha value is -1.55. The number of nitrogens with one attached hydrogen (secondary N) is 1. The van der Waals surface area contributed by atoms with E-state index in [0.717, 1.165) is 25.1 Å². The van der Waals surface area contributed by atoms with Gasteiger partial charge in [-0.25, -0.2) is 0 Å². The van der Waals surface area contributed by atoms with Gasteiger partial charge in [0.25, 0.3) is 0 Å². The fourth-order valence-electron chi connectivity index (χ4n) is 2.78. The van der Waals surface area contributed by atoms with E-state index in [1.54, 1.807) is 19.0 Å². The minimum Gasteiger partial charge on any atom is -0.494 e. The van der Waals surface area contributed by atoms with Gasteiger partial charge in [-0.05, 0) is 49.1 Å². The zero-order valence-corrected chi connectivity index (χ0v) is 13.3. The third-order valence-corrected chi connectivity index (χ3v) is 3.95. The molecule has 1 N–H and O–H groups in total. The summed E-state index contributed by atoms with van der Waals surface area (Å²) in [5.74, 6) is 1.07. The first-order valence-corrected chi connectivity index (χ1v) is 7.81. The molecule has 0 aromatic heterocycles. The molecule has 0 heterocycles. The Balaban J connectivity index is 1.82. The quantitative estimate of drug-likeness (QED) is 0.785. The van der Waals surface area contributed by atoms with E-state index < -0.39 is 0 Å². The summed E-state index contributed by atoms with van der Waals surface area (Å²) >= 11 is 0. The average molecular weight is 290 g/mol. The van der Waals surface area contributed by atoms with Crippen molar-refractivity contribution in [1.82, 2.24) is 10.2 Å². The van der Waals surface area contributed by atoms with E-state index in [1.807, 2.05) is 6.07 Å². The molecule has 0 radical (unpaired) electrons. The van der Waals surface area contributed by atoms with Crippen molar-refractivity contribution in [3.8, 4) is 5.75 Å². The highest BCUT2D eigenvalue weighted by Gasteiger charge is 2.21. The maximum atomic E-state index is 11.5. The molecule has 1 aliphatic carbocycles. The summed E-state index contributed by atoms with van der Waals surface area (Å²) in [5.41, 5.74) is 2.80. The van der Waals surface area contributed by atoms with E-state index in [9.17, 15) is 4.79 Å². The van der Waals surface area contributed by atoms with Crippen molar-refractivity contribution in [1.29, 1.82) is 0 Å². The standard InChI is InChI=1S/C17H26N2O2/c1-4-18-16-10-7-13-12-14(8-9-15(13)16)21-11-5-6-17(20)19(2)3/h8-9,12,16,18H,4-7,10-11H2,1-3H3. The molecular formula is C17H26N2O2. The molecule has 4 heteroatoms. The number of carbonyl (C=O) groups is 1. The lowest BCUT2D eigenvalue weighted by Gasteiger charge is -2.13. The van der Waals surface area contributed by atoms with Crippen molar-refractivity contribution in [3.05, 3.63) is 29.3 Å². The maximum absolute atomic E-state index is 11.5. The summed E-state index contributed by atoms with van der Waals surface area (Å²) in [6.45, 7) is 3.74. The Bertz CT molecular complexity index is 486. The second-order valence-electron chi connectivity index (χ2n) is 5.75. The number of fused-ring (bicyclic) bond motifs is 1. The fourth-order valence-corrected chi connectivity index (χ4v) is 2.78. The predicted octanol–water partition coefficient (Wildman–Crippen LogP) is 2.53. The van der Waals surface area contributed by atoms with Gasteiger partial charge in [0.1, 0.15) is 5.75 Å². The van der Waals surface area contributed by atoms with Crippen LogP contribution in [0.3, 0.4) is 0 Å². The van der Waals surface area contributed by atoms with Crippen molar-refractivity contribution in [2.45, 2.75) is 38.6 Å². The van der Waals surface area contributed by atoms with Crippen molar-refractivity contribution < 1.29 is 9.53 Å². The normalized spacial score (nSPS) is 16.6. The molecular weight excluding hydrogens is 264 g/mol. The second kappa shape index (κ2) is 7.46. The predicted molar refractivity (Wildman–Crippen MR) is 84.6 cm³/mol. The maximum Gasteiger partial charge on any atom is 0.222 e. The van der Waals surface area contributed by atoms with Crippen LogP contribution in [0.25, 0.3) is 0 Å².